The van der Waals surface area contributed by atoms with Crippen LogP contribution in [-0.2, 0) is 0 Å². The standard InChI is InChI=1S/C102H2.CH4N4/c1-3-5-7-9-11-13-15-17-19-21-23-25-27-29-31-33-35-37-39-41-43-45-47-49-51-53-55-57-59-61-63-65-67-69-71-73-75-77-79-81-83-85-87-89-91-93-95-97-99-101-102-100-98-96-94-92-90-88-86-84-82-80-78-76-74-72-70-68-66-64-62-60-58-56-54-52-50-48-46-44-42-40-38-36-34-32-30-28-26-24-22-20-18-16-14-12-10-8-6-4-2;2-1-4-5-3/h1-2H;1-2H2. The number of hydrogen-bond donors (Lipinski definition) is 1. The molecule has 0 aliphatic rings. The van der Waals surface area contributed by atoms with Crippen LogP contribution in [0.15, 0.2) is 5.11 Å². The average Bonchev–Trinajstić information content (AvgIpc) is 3.89. The van der Waals surface area contributed by atoms with E-state index in [0.717, 1.165) is 0 Å². The van der Waals surface area contributed by atoms with Crippen molar-refractivity contribution in [2.45, 2.75) is 0 Å². The Bertz CT molecular complexity index is 7030. The predicted molar refractivity (Wildman–Crippen MR) is 417 cm³/mol. The Balaban J connectivity index is 0. The molecular formula is C103H6N4. The van der Waals surface area contributed by atoms with Crippen molar-refractivity contribution in [2.75, 3.05) is 6.67 Å². The van der Waals surface area contributed by atoms with Crippen molar-refractivity contribution in [2.24, 2.45) is 10.8 Å². The summed E-state index contributed by atoms with van der Waals surface area (Å²) in [6, 6.07) is 0. The monoisotopic (exact) mass is 1300 g/mol. The highest BCUT2D eigenvalue weighted by molar-refractivity contribution is 5.56. The molecule has 0 aliphatic heterocycles. The highest BCUT2D eigenvalue weighted by Crippen LogP contribution is 1.68. The summed E-state index contributed by atoms with van der Waals surface area (Å²) >= 11 is 0. The lowest BCUT2D eigenvalue weighted by Gasteiger charge is -1.60. The van der Waals surface area contributed by atoms with E-state index in [1.807, 2.05) is 0 Å². The summed E-state index contributed by atoms with van der Waals surface area (Å²) in [6.07, 6.45) is 9.91. The van der Waals surface area contributed by atoms with E-state index >= 15 is 0 Å². The fraction of sp³-hybridized carbons (Fsp3) is 0.00971. The third kappa shape index (κ3) is 89.3. The minimum absolute atomic E-state index is 0.0521. The Labute approximate surface area is 628 Å². The van der Waals surface area contributed by atoms with Crippen LogP contribution in [0.3, 0.4) is 0 Å². The number of terminal acetylenes is 2. The van der Waals surface area contributed by atoms with Crippen LogP contribution >= 0.6 is 0 Å². The molecule has 0 bridgehead atoms. The lowest BCUT2D eigenvalue weighted by atomic mass is 10.4. The molecule has 0 heterocycles. The Morgan fingerprint density at radius 2 is 0.196 bits per heavy atom. The van der Waals surface area contributed by atoms with Gasteiger partial charge in [-0.2, -0.15) is 0 Å². The topological polar surface area (TPSA) is 74.8 Å². The van der Waals surface area contributed by atoms with Gasteiger partial charge in [0.25, 0.3) is 0 Å². The molecule has 0 amide bonds. The van der Waals surface area contributed by atoms with E-state index < -0.39 is 0 Å². The Kier molecular flexibility index (Phi) is 69.9. The van der Waals surface area contributed by atoms with Crippen molar-refractivity contribution >= 4 is 0 Å². The summed E-state index contributed by atoms with van der Waals surface area (Å²) in [5, 5.41) is 2.93. The summed E-state index contributed by atoms with van der Waals surface area (Å²) < 4.78 is 0. The van der Waals surface area contributed by atoms with Crippen LogP contribution in [0.1, 0.15) is 0 Å². The summed E-state index contributed by atoms with van der Waals surface area (Å²) in [4.78, 5) is 2.35. The van der Waals surface area contributed by atoms with E-state index in [0.29, 0.717) is 0 Å². The molecule has 0 radical (unpaired) electrons. The number of azide groups is 1. The van der Waals surface area contributed by atoms with E-state index in [2.05, 4.69) is 602 Å². The van der Waals surface area contributed by atoms with Gasteiger partial charge >= 0.3 is 0 Å². The first-order valence-electron chi connectivity index (χ1n) is 26.5. The summed E-state index contributed by atoms with van der Waals surface area (Å²) in [6.45, 7) is 0.0521. The first-order valence-corrected chi connectivity index (χ1v) is 26.5. The molecular weight excluding hydrogens is 1290 g/mol. The Morgan fingerprint density at radius 1 is 0.140 bits per heavy atom. The van der Waals surface area contributed by atoms with E-state index in [-0.39, 0.29) is 6.67 Å². The fourth-order valence-electron chi connectivity index (χ4n) is 3.11. The molecule has 0 unspecified atom stereocenters. The van der Waals surface area contributed by atoms with Crippen molar-refractivity contribution in [3.05, 3.63) is 10.4 Å². The number of hydrogen-bond acceptors (Lipinski definition) is 2. The first-order chi connectivity index (χ1) is 53.3. The second-order valence-corrected chi connectivity index (χ2v) is 13.0. The molecule has 0 fully saturated rings. The lowest BCUT2D eigenvalue weighted by molar-refractivity contribution is 1.05. The lowest BCUT2D eigenvalue weighted by Crippen LogP contribution is -1.89. The molecule has 107 heavy (non-hydrogen) atoms. The van der Waals surface area contributed by atoms with Gasteiger partial charge in [-0.1, -0.05) is 5.11 Å². The molecule has 438 valence electrons. The van der Waals surface area contributed by atoms with Crippen LogP contribution in [0, 0.1) is 605 Å². The fourth-order valence-corrected chi connectivity index (χ4v) is 3.11. The van der Waals surface area contributed by atoms with Crippen LogP contribution in [-0.4, -0.2) is 6.67 Å². The van der Waals surface area contributed by atoms with Crippen LogP contribution in [0.2, 0.25) is 0 Å². The normalized spacial score (nSPS) is 4.03. The molecule has 0 spiro atoms. The van der Waals surface area contributed by atoms with Gasteiger partial charge in [-0.15, -0.1) is 12.8 Å². The highest BCUT2D eigenvalue weighted by atomic mass is 15.2. The molecule has 0 aromatic rings. The van der Waals surface area contributed by atoms with Crippen molar-refractivity contribution < 1.29 is 0 Å². The van der Waals surface area contributed by atoms with E-state index in [9.17, 15) is 0 Å². The molecule has 4 nitrogen and oxygen atoms in total. The zero-order chi connectivity index (χ0) is 76.8. The molecule has 0 rings (SSSR count). The summed E-state index contributed by atoms with van der Waals surface area (Å²) in [5.41, 5.74) is 12.2. The van der Waals surface area contributed by atoms with E-state index in [1.165, 1.54) is 0 Å². The van der Waals surface area contributed by atoms with Crippen LogP contribution in [0.5, 0.6) is 0 Å². The third-order valence-electron chi connectivity index (χ3n) is 6.35. The van der Waals surface area contributed by atoms with Gasteiger partial charge in [-0.05, 0) is 100 Å². The van der Waals surface area contributed by atoms with Gasteiger partial charge < -0.3 is 5.73 Å². The van der Waals surface area contributed by atoms with Gasteiger partial charge in [0.05, 0.1) is 6.67 Å². The van der Waals surface area contributed by atoms with E-state index in [1.54, 1.807) is 0 Å². The smallest absolute Gasteiger partial charge is 0.0720 e. The van der Waals surface area contributed by atoms with Crippen molar-refractivity contribution in [1.82, 2.24) is 0 Å². The van der Waals surface area contributed by atoms with Gasteiger partial charge in [0.1, 0.15) is 0 Å². The molecule has 0 saturated carbocycles. The Hall–Kier alpha value is -23.2. The van der Waals surface area contributed by atoms with Crippen LogP contribution in [0.4, 0.5) is 0 Å². The number of nitrogens with zero attached hydrogens (tertiary/aromatic N) is 3. The van der Waals surface area contributed by atoms with Crippen LogP contribution < -0.4 is 5.73 Å². The average molecular weight is 1300 g/mol. The van der Waals surface area contributed by atoms with Gasteiger partial charge in [-0.3, -0.25) is 0 Å². The van der Waals surface area contributed by atoms with Gasteiger partial charge in [0.2, 0.25) is 0 Å². The van der Waals surface area contributed by atoms with Crippen molar-refractivity contribution in [3.63, 3.8) is 0 Å². The van der Waals surface area contributed by atoms with Gasteiger partial charge in [-0.25, -0.2) is 0 Å². The minimum atomic E-state index is 0.0521. The van der Waals surface area contributed by atoms with Crippen LogP contribution in [0.25, 0.3) is 10.4 Å². The van der Waals surface area contributed by atoms with Crippen molar-refractivity contribution in [1.29, 1.82) is 0 Å². The molecule has 0 aromatic heterocycles. The number of rotatable bonds is 1. The predicted octanol–water partition coefficient (Wildman–Crippen LogP) is 0.632. The maximum atomic E-state index is 7.44. The third-order valence-corrected chi connectivity index (χ3v) is 6.35. The molecule has 0 aliphatic carbocycles. The first kappa shape index (κ1) is 85.9. The van der Waals surface area contributed by atoms with Gasteiger partial charge in [0.15, 0.2) is 0 Å². The quantitative estimate of drug-likeness (QED) is 0.178. The zero-order valence-corrected chi connectivity index (χ0v) is 53.8. The second kappa shape index (κ2) is 87.0. The molecule has 0 saturated heterocycles. The largest absolute Gasteiger partial charge is 0.325 e. The molecule has 0 aromatic carbocycles. The summed E-state index contributed by atoms with van der Waals surface area (Å²) in [7, 11) is 0. The highest BCUT2D eigenvalue weighted by Gasteiger charge is 1.67. The van der Waals surface area contributed by atoms with Crippen molar-refractivity contribution in [3.8, 4) is 605 Å². The minimum Gasteiger partial charge on any atom is -0.325 e. The molecule has 4 heteroatoms. The maximum absolute atomic E-state index is 7.44. The second-order valence-electron chi connectivity index (χ2n) is 13.0. The maximum Gasteiger partial charge on any atom is 0.0720 e. The number of nitrogens with two attached hydrogens (primary N) is 1. The zero-order valence-electron chi connectivity index (χ0n) is 53.8. The Morgan fingerprint density at radius 3 is 0.224 bits per heavy atom. The van der Waals surface area contributed by atoms with Gasteiger partial charge in [0, 0.05) is 502 Å². The SMILES string of the molecule is C#CC#CC#CC#CC#CC#CC#CC#CC#CC#CC#CC#CC#CC#CC#CC#CC#CC#CC#CC#CC#CC#CC#CC#CC#CC#CC#CC#CC#CC#CC#CC#CC#CC#CC#CC#CC#CC#CC#CC#CC#CC#CC#CC#CC#CC#CC#CC#CC#CC#CC#C.[N-]=[N+]=NCN. The van der Waals surface area contributed by atoms with E-state index in [4.69, 9.17) is 24.1 Å². The molecule has 0 atom stereocenters. The summed E-state index contributed by atoms with van der Waals surface area (Å²) in [5.74, 6) is 248. The molecule has 2 N–H and O–H groups in total.